The third kappa shape index (κ3) is 3.58. The quantitative estimate of drug-likeness (QED) is 0.209. The molecule has 2 aliphatic rings. The van der Waals surface area contributed by atoms with Gasteiger partial charge in [0.1, 0.15) is 0 Å². The molecule has 1 heterocycles. The minimum Gasteiger partial charge on any atom is -0.416 e. The lowest BCUT2D eigenvalue weighted by Crippen LogP contribution is -2.40. The summed E-state index contributed by atoms with van der Waals surface area (Å²) >= 11 is 0. The van der Waals surface area contributed by atoms with Crippen molar-refractivity contribution in [3.05, 3.63) is 179 Å². The fourth-order valence-electron chi connectivity index (χ4n) is 7.91. The van der Waals surface area contributed by atoms with Crippen LogP contribution in [0.2, 0.25) is 0 Å². The van der Waals surface area contributed by atoms with Crippen molar-refractivity contribution >= 4 is 0 Å². The Morgan fingerprint density at radius 3 is 1.62 bits per heavy atom. The van der Waals surface area contributed by atoms with E-state index in [1.165, 1.54) is 44.5 Å². The predicted octanol–water partition coefficient (Wildman–Crippen LogP) is 10.1. The van der Waals surface area contributed by atoms with Crippen molar-refractivity contribution in [3.8, 4) is 45.2 Å². The summed E-state index contributed by atoms with van der Waals surface area (Å²) in [6.07, 6.45) is 0. The molecule has 0 saturated heterocycles. The van der Waals surface area contributed by atoms with Crippen LogP contribution in [0, 0.1) is 0 Å². The van der Waals surface area contributed by atoms with E-state index in [0.717, 1.165) is 22.3 Å². The molecule has 3 heteroatoms. The first-order valence-electron chi connectivity index (χ1n) is 15.5. The lowest BCUT2D eigenvalue weighted by Gasteiger charge is -2.46. The molecule has 0 atom stereocenters. The van der Waals surface area contributed by atoms with E-state index < -0.39 is 5.41 Å². The standard InChI is InChI=1S/C42H30N2O/c1-41(2)35-21-10-11-22-37(35)42(33-19-8-6-17-31(33)32-18-7-9-20-34(32)42)38-26-29(23-24-36(38)41)28-15-12-16-30(25-28)40-44-43-39(45-40)27-13-4-3-5-14-27/h3-26H,1-2H3. The molecule has 0 fully saturated rings. The van der Waals surface area contributed by atoms with Crippen molar-refractivity contribution in [3.63, 3.8) is 0 Å². The maximum Gasteiger partial charge on any atom is 0.248 e. The molecule has 9 rings (SSSR count). The normalized spacial score (nSPS) is 14.8. The van der Waals surface area contributed by atoms with Gasteiger partial charge >= 0.3 is 0 Å². The van der Waals surface area contributed by atoms with E-state index >= 15 is 0 Å². The van der Waals surface area contributed by atoms with Gasteiger partial charge in [0.25, 0.3) is 0 Å². The van der Waals surface area contributed by atoms with Crippen LogP contribution in [0.5, 0.6) is 0 Å². The maximum absolute atomic E-state index is 6.14. The summed E-state index contributed by atoms with van der Waals surface area (Å²) in [4.78, 5) is 0. The number of nitrogens with zero attached hydrogens (tertiary/aromatic N) is 2. The Kier molecular flexibility index (Phi) is 5.46. The summed E-state index contributed by atoms with van der Waals surface area (Å²) in [5, 5.41) is 8.74. The number of hydrogen-bond donors (Lipinski definition) is 0. The summed E-state index contributed by atoms with van der Waals surface area (Å²) in [5.41, 5.74) is 14.3. The van der Waals surface area contributed by atoms with Gasteiger partial charge in [-0.3, -0.25) is 0 Å². The van der Waals surface area contributed by atoms with E-state index in [-0.39, 0.29) is 5.41 Å². The Morgan fingerprint density at radius 2 is 0.911 bits per heavy atom. The molecule has 0 saturated carbocycles. The maximum atomic E-state index is 6.14. The highest BCUT2D eigenvalue weighted by Crippen LogP contribution is 2.62. The Balaban J connectivity index is 1.26. The summed E-state index contributed by atoms with van der Waals surface area (Å²) in [6, 6.07) is 52.4. The SMILES string of the molecule is CC1(C)c2ccccc2C2(c3ccccc3-c3ccccc32)c2cc(-c3cccc(-c4nnc(-c5ccccc5)o4)c3)ccc21. The van der Waals surface area contributed by atoms with Crippen molar-refractivity contribution in [2.75, 3.05) is 0 Å². The summed E-state index contributed by atoms with van der Waals surface area (Å²) in [5.74, 6) is 1.03. The molecule has 1 aromatic heterocycles. The van der Waals surface area contributed by atoms with E-state index in [4.69, 9.17) is 4.42 Å². The third-order valence-corrected chi connectivity index (χ3v) is 9.94. The first-order valence-corrected chi connectivity index (χ1v) is 15.5. The molecule has 0 radical (unpaired) electrons. The van der Waals surface area contributed by atoms with Crippen molar-refractivity contribution in [2.45, 2.75) is 24.7 Å². The second-order valence-corrected chi connectivity index (χ2v) is 12.6. The highest BCUT2D eigenvalue weighted by atomic mass is 16.4. The van der Waals surface area contributed by atoms with Gasteiger partial charge in [0, 0.05) is 16.5 Å². The zero-order valence-electron chi connectivity index (χ0n) is 25.2. The molecule has 0 unspecified atom stereocenters. The summed E-state index contributed by atoms with van der Waals surface area (Å²) < 4.78 is 6.14. The van der Waals surface area contributed by atoms with Crippen LogP contribution in [0.1, 0.15) is 47.2 Å². The van der Waals surface area contributed by atoms with Crippen LogP contribution in [0.25, 0.3) is 45.2 Å². The van der Waals surface area contributed by atoms with Crippen LogP contribution in [-0.2, 0) is 10.8 Å². The fourth-order valence-corrected chi connectivity index (χ4v) is 7.91. The first kappa shape index (κ1) is 25.9. The smallest absolute Gasteiger partial charge is 0.248 e. The number of fused-ring (bicyclic) bond motifs is 9. The molecule has 0 bridgehead atoms. The minimum atomic E-state index is -0.417. The van der Waals surface area contributed by atoms with Gasteiger partial charge in [0.2, 0.25) is 11.8 Å². The van der Waals surface area contributed by atoms with Crippen molar-refractivity contribution in [1.29, 1.82) is 0 Å². The van der Waals surface area contributed by atoms with E-state index in [0.29, 0.717) is 11.8 Å². The molecule has 1 spiro atoms. The van der Waals surface area contributed by atoms with Gasteiger partial charge < -0.3 is 4.42 Å². The Labute approximate surface area is 262 Å². The highest BCUT2D eigenvalue weighted by molar-refractivity contribution is 5.89. The van der Waals surface area contributed by atoms with E-state index in [1.54, 1.807) is 0 Å². The predicted molar refractivity (Wildman–Crippen MR) is 180 cm³/mol. The van der Waals surface area contributed by atoms with Crippen LogP contribution in [0.15, 0.2) is 150 Å². The second kappa shape index (κ2) is 9.48. The monoisotopic (exact) mass is 578 g/mol. The average molecular weight is 579 g/mol. The molecule has 0 aliphatic heterocycles. The molecule has 6 aromatic carbocycles. The summed E-state index contributed by atoms with van der Waals surface area (Å²) in [7, 11) is 0. The van der Waals surface area contributed by atoms with Crippen LogP contribution >= 0.6 is 0 Å². The lowest BCUT2D eigenvalue weighted by molar-refractivity contribution is 0.563. The van der Waals surface area contributed by atoms with Gasteiger partial charge in [-0.2, -0.15) is 0 Å². The third-order valence-electron chi connectivity index (χ3n) is 9.94. The van der Waals surface area contributed by atoms with Gasteiger partial charge in [0.05, 0.1) is 5.41 Å². The molecule has 3 nitrogen and oxygen atoms in total. The van der Waals surface area contributed by atoms with Gasteiger partial charge in [-0.25, -0.2) is 0 Å². The van der Waals surface area contributed by atoms with Gasteiger partial charge in [-0.1, -0.05) is 129 Å². The molecule has 2 aliphatic carbocycles. The Bertz CT molecular complexity index is 2210. The van der Waals surface area contributed by atoms with Crippen molar-refractivity contribution in [1.82, 2.24) is 10.2 Å². The van der Waals surface area contributed by atoms with E-state index in [9.17, 15) is 0 Å². The zero-order valence-corrected chi connectivity index (χ0v) is 25.2. The molecule has 45 heavy (non-hydrogen) atoms. The zero-order chi connectivity index (χ0) is 30.2. The van der Waals surface area contributed by atoms with E-state index in [2.05, 4.69) is 133 Å². The molecular weight excluding hydrogens is 548 g/mol. The van der Waals surface area contributed by atoms with Crippen LogP contribution in [-0.4, -0.2) is 10.2 Å². The van der Waals surface area contributed by atoms with E-state index in [1.807, 2.05) is 36.4 Å². The fraction of sp³-hybridized carbons (Fsp3) is 0.0952. The van der Waals surface area contributed by atoms with Gasteiger partial charge in [-0.15, -0.1) is 10.2 Å². The highest BCUT2D eigenvalue weighted by Gasteiger charge is 2.53. The average Bonchev–Trinajstić information content (AvgIpc) is 3.71. The van der Waals surface area contributed by atoms with Gasteiger partial charge in [-0.05, 0) is 86.0 Å². The van der Waals surface area contributed by atoms with Crippen LogP contribution in [0.3, 0.4) is 0 Å². The van der Waals surface area contributed by atoms with Crippen LogP contribution in [0.4, 0.5) is 0 Å². The molecule has 7 aromatic rings. The van der Waals surface area contributed by atoms with Crippen LogP contribution < -0.4 is 0 Å². The number of aromatic nitrogens is 2. The van der Waals surface area contributed by atoms with Crippen molar-refractivity contribution in [2.24, 2.45) is 0 Å². The first-order chi connectivity index (χ1) is 22.1. The number of hydrogen-bond acceptors (Lipinski definition) is 3. The molecular formula is C42H30N2O. The Hall–Kier alpha value is -5.54. The largest absolute Gasteiger partial charge is 0.416 e. The minimum absolute atomic E-state index is 0.165. The second-order valence-electron chi connectivity index (χ2n) is 12.6. The van der Waals surface area contributed by atoms with Crippen molar-refractivity contribution < 1.29 is 4.42 Å². The molecule has 0 amide bonds. The number of rotatable bonds is 3. The lowest BCUT2D eigenvalue weighted by atomic mass is 9.55. The van der Waals surface area contributed by atoms with Gasteiger partial charge in [0.15, 0.2) is 0 Å². The molecule has 214 valence electrons. The summed E-state index contributed by atoms with van der Waals surface area (Å²) in [6.45, 7) is 4.73. The molecule has 0 N–H and O–H groups in total. The Morgan fingerprint density at radius 1 is 0.400 bits per heavy atom. The topological polar surface area (TPSA) is 38.9 Å². The number of benzene rings is 6.